The van der Waals surface area contributed by atoms with Crippen LogP contribution in [0.4, 0.5) is 18.9 Å². The molecule has 1 heterocycles. The van der Waals surface area contributed by atoms with Gasteiger partial charge in [0.25, 0.3) is 0 Å². The lowest BCUT2D eigenvalue weighted by Gasteiger charge is -2.17. The molecule has 10 heteroatoms. The Labute approximate surface area is 170 Å². The van der Waals surface area contributed by atoms with E-state index in [0.29, 0.717) is 16.8 Å². The van der Waals surface area contributed by atoms with Crippen molar-refractivity contribution < 1.29 is 26.3 Å². The van der Waals surface area contributed by atoms with Crippen molar-refractivity contribution >= 4 is 15.7 Å². The minimum Gasteiger partial charge on any atom is -0.456 e. The molecule has 158 valence electrons. The summed E-state index contributed by atoms with van der Waals surface area (Å²) in [5.74, 6) is -0.349. The molecule has 0 radical (unpaired) electrons. The molecule has 3 rings (SSSR count). The molecule has 3 aromatic rings. The number of para-hydroxylation sites is 1. The molecule has 0 aliphatic rings. The van der Waals surface area contributed by atoms with Crippen molar-refractivity contribution in [1.82, 2.24) is 4.98 Å². The normalized spacial score (nSPS) is 11.9. The van der Waals surface area contributed by atoms with Crippen LogP contribution in [0.5, 0.6) is 11.5 Å². The molecule has 2 N–H and O–H groups in total. The Kier molecular flexibility index (Phi) is 5.62. The maximum atomic E-state index is 13.3. The summed E-state index contributed by atoms with van der Waals surface area (Å²) in [5.41, 5.74) is 0.0853. The van der Waals surface area contributed by atoms with E-state index in [9.17, 15) is 26.4 Å². The highest BCUT2D eigenvalue weighted by Crippen LogP contribution is 2.41. The van der Waals surface area contributed by atoms with Crippen molar-refractivity contribution in [3.8, 4) is 22.6 Å². The number of hydrogen-bond acceptors (Lipinski definition) is 4. The van der Waals surface area contributed by atoms with Crippen molar-refractivity contribution in [3.63, 3.8) is 0 Å². The SMILES string of the molecule is Cc1[nH]c(=O)ccc1-c1cc(NS(C)(=O)=O)ccc1Oc1ccccc1C(F)(F)F. The second kappa shape index (κ2) is 7.86. The van der Waals surface area contributed by atoms with Gasteiger partial charge in [0.1, 0.15) is 11.5 Å². The van der Waals surface area contributed by atoms with Crippen LogP contribution in [-0.4, -0.2) is 19.7 Å². The van der Waals surface area contributed by atoms with Gasteiger partial charge in [-0.05, 0) is 43.3 Å². The number of alkyl halides is 3. The predicted octanol–water partition coefficient (Wildman–Crippen LogP) is 4.53. The number of pyridine rings is 1. The molecule has 0 spiro atoms. The molecule has 0 saturated carbocycles. The zero-order valence-corrected chi connectivity index (χ0v) is 16.7. The number of rotatable bonds is 5. The molecule has 0 atom stereocenters. The van der Waals surface area contributed by atoms with Crippen molar-refractivity contribution in [1.29, 1.82) is 0 Å². The van der Waals surface area contributed by atoms with E-state index in [1.807, 2.05) is 0 Å². The fourth-order valence-corrected chi connectivity index (χ4v) is 3.44. The molecule has 0 amide bonds. The average molecular weight is 438 g/mol. The zero-order chi connectivity index (χ0) is 22.1. The van der Waals surface area contributed by atoms with Crippen LogP contribution in [0, 0.1) is 6.92 Å². The maximum Gasteiger partial charge on any atom is 0.419 e. The first-order valence-electron chi connectivity index (χ1n) is 8.60. The van der Waals surface area contributed by atoms with E-state index in [4.69, 9.17) is 4.74 Å². The summed E-state index contributed by atoms with van der Waals surface area (Å²) in [4.78, 5) is 14.2. The van der Waals surface area contributed by atoms with Gasteiger partial charge in [0.05, 0.1) is 11.8 Å². The zero-order valence-electron chi connectivity index (χ0n) is 15.9. The monoisotopic (exact) mass is 438 g/mol. The first-order valence-corrected chi connectivity index (χ1v) is 10.5. The highest BCUT2D eigenvalue weighted by molar-refractivity contribution is 7.92. The fraction of sp³-hybridized carbons (Fsp3) is 0.150. The summed E-state index contributed by atoms with van der Waals surface area (Å²) >= 11 is 0. The number of benzene rings is 2. The van der Waals surface area contributed by atoms with Crippen LogP contribution >= 0.6 is 0 Å². The van der Waals surface area contributed by atoms with Gasteiger partial charge < -0.3 is 9.72 Å². The average Bonchev–Trinajstić information content (AvgIpc) is 2.61. The molecule has 30 heavy (non-hydrogen) atoms. The second-order valence-electron chi connectivity index (χ2n) is 6.54. The molecule has 0 aliphatic heterocycles. The lowest BCUT2D eigenvalue weighted by Crippen LogP contribution is -2.10. The van der Waals surface area contributed by atoms with Crippen molar-refractivity contribution in [2.75, 3.05) is 11.0 Å². The fourth-order valence-electron chi connectivity index (χ4n) is 2.88. The van der Waals surface area contributed by atoms with E-state index < -0.39 is 27.5 Å². The highest BCUT2D eigenvalue weighted by Gasteiger charge is 2.34. The Morgan fingerprint density at radius 1 is 0.967 bits per heavy atom. The number of sulfonamides is 1. The number of aromatic nitrogens is 1. The largest absolute Gasteiger partial charge is 0.456 e. The Morgan fingerprint density at radius 2 is 1.67 bits per heavy atom. The predicted molar refractivity (Wildman–Crippen MR) is 107 cm³/mol. The highest BCUT2D eigenvalue weighted by atomic mass is 32.2. The summed E-state index contributed by atoms with van der Waals surface area (Å²) < 4.78 is 71.1. The number of aryl methyl sites for hydroxylation is 1. The molecule has 2 aromatic carbocycles. The summed E-state index contributed by atoms with van der Waals surface area (Å²) in [6.07, 6.45) is -3.65. The molecule has 6 nitrogen and oxygen atoms in total. The third-order valence-electron chi connectivity index (χ3n) is 4.10. The standard InChI is InChI=1S/C20H17F3N2O4S/c1-12-14(8-10-19(26)24-12)15-11-13(25-30(2,27)28)7-9-17(15)29-18-6-4-3-5-16(18)20(21,22)23/h3-11,25H,1-2H3,(H,24,26). The third-order valence-corrected chi connectivity index (χ3v) is 4.71. The Balaban J connectivity index is 2.16. The van der Waals surface area contributed by atoms with Crippen molar-refractivity contribution in [3.05, 3.63) is 76.2 Å². The van der Waals surface area contributed by atoms with Crippen molar-refractivity contribution in [2.24, 2.45) is 0 Å². The van der Waals surface area contributed by atoms with Crippen LogP contribution in [-0.2, 0) is 16.2 Å². The number of ether oxygens (including phenoxy) is 1. The van der Waals surface area contributed by atoms with Gasteiger partial charge in [0.15, 0.2) is 0 Å². The Hall–Kier alpha value is -3.27. The van der Waals surface area contributed by atoms with Gasteiger partial charge in [0, 0.05) is 28.6 Å². The quantitative estimate of drug-likeness (QED) is 0.613. The first kappa shape index (κ1) is 21.4. The number of nitrogens with one attached hydrogen (secondary N) is 2. The van der Waals surface area contributed by atoms with Crippen LogP contribution in [0.1, 0.15) is 11.3 Å². The van der Waals surface area contributed by atoms with Crippen LogP contribution in [0.3, 0.4) is 0 Å². The van der Waals surface area contributed by atoms with E-state index in [-0.39, 0.29) is 17.0 Å². The van der Waals surface area contributed by atoms with E-state index >= 15 is 0 Å². The molecular weight excluding hydrogens is 421 g/mol. The lowest BCUT2D eigenvalue weighted by molar-refractivity contribution is -0.138. The smallest absolute Gasteiger partial charge is 0.419 e. The topological polar surface area (TPSA) is 88.3 Å². The summed E-state index contributed by atoms with van der Waals surface area (Å²) in [7, 11) is -3.59. The molecule has 0 saturated heterocycles. The third kappa shape index (κ3) is 5.01. The lowest BCUT2D eigenvalue weighted by atomic mass is 10.0. The van der Waals surface area contributed by atoms with Crippen molar-refractivity contribution in [2.45, 2.75) is 13.1 Å². The minimum absolute atomic E-state index is 0.0564. The van der Waals surface area contributed by atoms with Gasteiger partial charge in [-0.25, -0.2) is 8.42 Å². The van der Waals surface area contributed by atoms with Crippen LogP contribution < -0.4 is 15.0 Å². The van der Waals surface area contributed by atoms with E-state index in [1.54, 1.807) is 6.92 Å². The summed E-state index contributed by atoms with van der Waals surface area (Å²) in [6, 6.07) is 11.7. The summed E-state index contributed by atoms with van der Waals surface area (Å²) in [6.45, 7) is 1.61. The van der Waals surface area contributed by atoms with E-state index in [0.717, 1.165) is 12.3 Å². The van der Waals surface area contributed by atoms with Crippen LogP contribution in [0.2, 0.25) is 0 Å². The van der Waals surface area contributed by atoms with Gasteiger partial charge in [0.2, 0.25) is 15.6 Å². The molecule has 0 aliphatic carbocycles. The van der Waals surface area contributed by atoms with E-state index in [2.05, 4.69) is 9.71 Å². The summed E-state index contributed by atoms with van der Waals surface area (Å²) in [5, 5.41) is 0. The molecule has 0 bridgehead atoms. The number of halogens is 3. The Bertz CT molecular complexity index is 1250. The van der Waals surface area contributed by atoms with Crippen LogP contribution in [0.15, 0.2) is 59.4 Å². The number of aromatic amines is 1. The molecule has 0 unspecified atom stereocenters. The molecule has 0 fully saturated rings. The molecular formula is C20H17F3N2O4S. The van der Waals surface area contributed by atoms with Crippen LogP contribution in [0.25, 0.3) is 11.1 Å². The minimum atomic E-state index is -4.62. The molecule has 1 aromatic heterocycles. The second-order valence-corrected chi connectivity index (χ2v) is 8.29. The van der Waals surface area contributed by atoms with Gasteiger partial charge in [-0.3, -0.25) is 9.52 Å². The van der Waals surface area contributed by atoms with Gasteiger partial charge in [-0.15, -0.1) is 0 Å². The van der Waals surface area contributed by atoms with Gasteiger partial charge in [-0.1, -0.05) is 12.1 Å². The van der Waals surface area contributed by atoms with Gasteiger partial charge >= 0.3 is 6.18 Å². The number of hydrogen-bond donors (Lipinski definition) is 2. The number of H-pyrrole nitrogens is 1. The Morgan fingerprint density at radius 3 is 2.30 bits per heavy atom. The first-order chi connectivity index (χ1) is 13.9. The number of anilines is 1. The van der Waals surface area contributed by atoms with Gasteiger partial charge in [-0.2, -0.15) is 13.2 Å². The van der Waals surface area contributed by atoms with E-state index in [1.165, 1.54) is 48.5 Å². The maximum absolute atomic E-state index is 13.3.